The maximum atomic E-state index is 12.5. The van der Waals surface area contributed by atoms with Crippen LogP contribution in [0.3, 0.4) is 0 Å². The standard InChI is InChI=1S/C18H27NO2/c1-13(2)10-19(11-14(3)4)12-17(20)15-5-6-18-16(9-15)7-8-21-18/h5-6,9,13-14H,7-8,10-12H2,1-4H3. The molecule has 0 aromatic heterocycles. The normalized spacial score (nSPS) is 13.9. The predicted molar refractivity (Wildman–Crippen MR) is 86.1 cm³/mol. The molecule has 0 N–H and O–H groups in total. The molecule has 0 saturated heterocycles. The van der Waals surface area contributed by atoms with Gasteiger partial charge in [-0.3, -0.25) is 9.69 Å². The highest BCUT2D eigenvalue weighted by molar-refractivity contribution is 5.98. The van der Waals surface area contributed by atoms with Crippen molar-refractivity contribution in [2.75, 3.05) is 26.2 Å². The quantitative estimate of drug-likeness (QED) is 0.720. The lowest BCUT2D eigenvalue weighted by Gasteiger charge is -2.25. The monoisotopic (exact) mass is 289 g/mol. The Balaban J connectivity index is 2.04. The van der Waals surface area contributed by atoms with E-state index in [2.05, 4.69) is 32.6 Å². The summed E-state index contributed by atoms with van der Waals surface area (Å²) < 4.78 is 5.50. The summed E-state index contributed by atoms with van der Waals surface area (Å²) in [6.45, 7) is 12.0. The van der Waals surface area contributed by atoms with Gasteiger partial charge in [-0.15, -0.1) is 0 Å². The molecule has 116 valence electrons. The van der Waals surface area contributed by atoms with Crippen LogP contribution in [-0.2, 0) is 6.42 Å². The van der Waals surface area contributed by atoms with Crippen LogP contribution in [-0.4, -0.2) is 36.9 Å². The minimum atomic E-state index is 0.214. The Morgan fingerprint density at radius 1 is 1.19 bits per heavy atom. The fraction of sp³-hybridized carbons (Fsp3) is 0.611. The number of carbonyl (C=O) groups excluding carboxylic acids is 1. The number of benzene rings is 1. The molecule has 0 spiro atoms. The van der Waals surface area contributed by atoms with E-state index in [1.807, 2.05) is 18.2 Å². The molecule has 2 rings (SSSR count). The highest BCUT2D eigenvalue weighted by Crippen LogP contribution is 2.26. The van der Waals surface area contributed by atoms with Gasteiger partial charge in [-0.2, -0.15) is 0 Å². The Kier molecular flexibility index (Phi) is 5.40. The summed E-state index contributed by atoms with van der Waals surface area (Å²) in [6, 6.07) is 5.84. The second-order valence-corrected chi connectivity index (χ2v) is 6.83. The molecule has 0 atom stereocenters. The molecule has 0 fully saturated rings. The zero-order valence-electron chi connectivity index (χ0n) is 13.7. The fourth-order valence-electron chi connectivity index (χ4n) is 2.89. The topological polar surface area (TPSA) is 29.5 Å². The van der Waals surface area contributed by atoms with Crippen molar-refractivity contribution in [3.05, 3.63) is 29.3 Å². The second kappa shape index (κ2) is 7.08. The van der Waals surface area contributed by atoms with Crippen molar-refractivity contribution >= 4 is 5.78 Å². The maximum Gasteiger partial charge on any atom is 0.176 e. The van der Waals surface area contributed by atoms with Crippen LogP contribution in [0.2, 0.25) is 0 Å². The third-order valence-electron chi connectivity index (χ3n) is 3.63. The number of ketones is 1. The summed E-state index contributed by atoms with van der Waals surface area (Å²) >= 11 is 0. The molecule has 1 aromatic carbocycles. The lowest BCUT2D eigenvalue weighted by molar-refractivity contribution is 0.0912. The highest BCUT2D eigenvalue weighted by Gasteiger charge is 2.18. The Bertz CT molecular complexity index is 484. The lowest BCUT2D eigenvalue weighted by Crippen LogP contribution is -2.35. The van der Waals surface area contributed by atoms with E-state index in [0.717, 1.165) is 37.4 Å². The van der Waals surface area contributed by atoms with Crippen LogP contribution in [0.25, 0.3) is 0 Å². The molecule has 0 bridgehead atoms. The predicted octanol–water partition coefficient (Wildman–Crippen LogP) is 3.42. The number of fused-ring (bicyclic) bond motifs is 1. The highest BCUT2D eigenvalue weighted by atomic mass is 16.5. The van der Waals surface area contributed by atoms with Crippen molar-refractivity contribution < 1.29 is 9.53 Å². The molecular weight excluding hydrogens is 262 g/mol. The van der Waals surface area contributed by atoms with E-state index in [0.29, 0.717) is 18.4 Å². The van der Waals surface area contributed by atoms with Crippen LogP contribution >= 0.6 is 0 Å². The van der Waals surface area contributed by atoms with E-state index in [1.54, 1.807) is 0 Å². The second-order valence-electron chi connectivity index (χ2n) is 6.83. The molecule has 1 aliphatic rings. The molecule has 3 heteroatoms. The molecule has 1 heterocycles. The van der Waals surface area contributed by atoms with Crippen molar-refractivity contribution in [3.63, 3.8) is 0 Å². The first-order chi connectivity index (χ1) is 9.95. The average Bonchev–Trinajstić information content (AvgIpc) is 2.83. The fourth-order valence-corrected chi connectivity index (χ4v) is 2.89. The van der Waals surface area contributed by atoms with Crippen molar-refractivity contribution in [1.29, 1.82) is 0 Å². The number of ether oxygens (including phenoxy) is 1. The molecule has 3 nitrogen and oxygen atoms in total. The van der Waals surface area contributed by atoms with Crippen LogP contribution < -0.4 is 4.74 Å². The van der Waals surface area contributed by atoms with Gasteiger partial charge in [-0.25, -0.2) is 0 Å². The van der Waals surface area contributed by atoms with Crippen LogP contribution in [0.15, 0.2) is 18.2 Å². The van der Waals surface area contributed by atoms with Gasteiger partial charge in [0.2, 0.25) is 0 Å². The third-order valence-corrected chi connectivity index (χ3v) is 3.63. The third kappa shape index (κ3) is 4.57. The molecule has 0 radical (unpaired) electrons. The van der Waals surface area contributed by atoms with Gasteiger partial charge in [0.1, 0.15) is 5.75 Å². The number of rotatable bonds is 7. The van der Waals surface area contributed by atoms with E-state index >= 15 is 0 Å². The van der Waals surface area contributed by atoms with E-state index < -0.39 is 0 Å². The number of Topliss-reactive ketones (excluding diaryl/α,β-unsaturated/α-hetero) is 1. The van der Waals surface area contributed by atoms with Gasteiger partial charge in [0.05, 0.1) is 13.2 Å². The zero-order chi connectivity index (χ0) is 15.4. The summed E-state index contributed by atoms with van der Waals surface area (Å²) in [5, 5.41) is 0. The van der Waals surface area contributed by atoms with Crippen LogP contribution in [0.4, 0.5) is 0 Å². The lowest BCUT2D eigenvalue weighted by atomic mass is 10.0. The average molecular weight is 289 g/mol. The van der Waals surface area contributed by atoms with Crippen LogP contribution in [0, 0.1) is 11.8 Å². The van der Waals surface area contributed by atoms with Crippen LogP contribution in [0.5, 0.6) is 5.75 Å². The zero-order valence-corrected chi connectivity index (χ0v) is 13.7. The van der Waals surface area contributed by atoms with Crippen molar-refractivity contribution in [3.8, 4) is 5.75 Å². The molecule has 1 aliphatic heterocycles. The van der Waals surface area contributed by atoms with Gasteiger partial charge in [0.25, 0.3) is 0 Å². The minimum Gasteiger partial charge on any atom is -0.493 e. The first-order valence-electron chi connectivity index (χ1n) is 7.97. The van der Waals surface area contributed by atoms with Gasteiger partial charge in [0, 0.05) is 25.1 Å². The van der Waals surface area contributed by atoms with Crippen molar-refractivity contribution in [1.82, 2.24) is 4.90 Å². The number of hydrogen-bond acceptors (Lipinski definition) is 3. The largest absolute Gasteiger partial charge is 0.493 e. The summed E-state index contributed by atoms with van der Waals surface area (Å²) in [5.74, 6) is 2.30. The molecule has 0 unspecified atom stereocenters. The van der Waals surface area contributed by atoms with Gasteiger partial charge in [-0.05, 0) is 35.6 Å². The van der Waals surface area contributed by atoms with E-state index in [1.165, 1.54) is 5.56 Å². The minimum absolute atomic E-state index is 0.214. The first-order valence-corrected chi connectivity index (χ1v) is 7.97. The summed E-state index contributed by atoms with van der Waals surface area (Å²) in [5.41, 5.74) is 1.98. The number of hydrogen-bond donors (Lipinski definition) is 0. The number of carbonyl (C=O) groups is 1. The van der Waals surface area contributed by atoms with Gasteiger partial charge in [0.15, 0.2) is 5.78 Å². The van der Waals surface area contributed by atoms with Crippen molar-refractivity contribution in [2.45, 2.75) is 34.1 Å². The van der Waals surface area contributed by atoms with Gasteiger partial charge >= 0.3 is 0 Å². The SMILES string of the molecule is CC(C)CN(CC(=O)c1ccc2c(c1)CCO2)CC(C)C. The molecule has 0 amide bonds. The van der Waals surface area contributed by atoms with Gasteiger partial charge < -0.3 is 4.74 Å². The molecule has 21 heavy (non-hydrogen) atoms. The summed E-state index contributed by atoms with van der Waals surface area (Å²) in [6.07, 6.45) is 0.915. The summed E-state index contributed by atoms with van der Waals surface area (Å²) in [4.78, 5) is 14.8. The van der Waals surface area contributed by atoms with Gasteiger partial charge in [-0.1, -0.05) is 27.7 Å². The Morgan fingerprint density at radius 2 is 1.86 bits per heavy atom. The Hall–Kier alpha value is -1.35. The van der Waals surface area contributed by atoms with E-state index in [4.69, 9.17) is 4.74 Å². The molecule has 0 aliphatic carbocycles. The van der Waals surface area contributed by atoms with E-state index in [9.17, 15) is 4.79 Å². The first kappa shape index (κ1) is 16.0. The maximum absolute atomic E-state index is 12.5. The van der Waals surface area contributed by atoms with E-state index in [-0.39, 0.29) is 5.78 Å². The number of nitrogens with zero attached hydrogens (tertiary/aromatic N) is 1. The smallest absolute Gasteiger partial charge is 0.176 e. The Labute approximate surface area is 128 Å². The Morgan fingerprint density at radius 3 is 2.48 bits per heavy atom. The molecule has 1 aromatic rings. The molecular formula is C18H27NO2. The van der Waals surface area contributed by atoms with Crippen LogP contribution in [0.1, 0.15) is 43.6 Å². The molecule has 0 saturated carbocycles. The van der Waals surface area contributed by atoms with Crippen molar-refractivity contribution in [2.24, 2.45) is 11.8 Å². The summed E-state index contributed by atoms with van der Waals surface area (Å²) in [7, 11) is 0.